The lowest BCUT2D eigenvalue weighted by atomic mass is 9.69. The molecule has 3 saturated carbocycles. The van der Waals surface area contributed by atoms with Crippen molar-refractivity contribution in [1.82, 2.24) is 4.72 Å². The molecule has 3 fully saturated rings. The zero-order valence-corrected chi connectivity index (χ0v) is 16.3. The molecule has 0 aromatic carbocycles. The summed E-state index contributed by atoms with van der Waals surface area (Å²) in [5.41, 5.74) is 0. The largest absolute Gasteiger partial charge is 0.377 e. The van der Waals surface area contributed by atoms with Gasteiger partial charge in [-0.2, -0.15) is 0 Å². The van der Waals surface area contributed by atoms with E-state index >= 15 is 0 Å². The van der Waals surface area contributed by atoms with Crippen molar-refractivity contribution in [2.45, 2.75) is 82.0 Å². The Labute approximate surface area is 153 Å². The molecule has 0 amide bonds. The Kier molecular flexibility index (Phi) is 6.98. The van der Waals surface area contributed by atoms with E-state index in [-0.39, 0.29) is 5.25 Å². The van der Waals surface area contributed by atoms with Gasteiger partial charge in [0.05, 0.1) is 18.0 Å². The first kappa shape index (κ1) is 19.4. The number of nitrogens with one attached hydrogen (secondary N) is 1. The van der Waals surface area contributed by atoms with Gasteiger partial charge in [0.25, 0.3) is 0 Å². The zero-order chi connectivity index (χ0) is 17.7. The van der Waals surface area contributed by atoms with Gasteiger partial charge < -0.3 is 4.74 Å². The molecule has 5 atom stereocenters. The van der Waals surface area contributed by atoms with Crippen LogP contribution in [0.2, 0.25) is 0 Å². The molecule has 5 heteroatoms. The summed E-state index contributed by atoms with van der Waals surface area (Å²) in [6.45, 7) is 4.74. The Morgan fingerprint density at radius 3 is 2.60 bits per heavy atom. The number of ether oxygens (including phenoxy) is 1. The first-order chi connectivity index (χ1) is 12.1. The lowest BCUT2D eigenvalue weighted by molar-refractivity contribution is -0.0444. The predicted molar refractivity (Wildman–Crippen MR) is 102 cm³/mol. The van der Waals surface area contributed by atoms with Gasteiger partial charge in [0.2, 0.25) is 10.0 Å². The highest BCUT2D eigenvalue weighted by atomic mass is 32.2. The monoisotopic (exact) mass is 369 g/mol. The van der Waals surface area contributed by atoms with E-state index in [2.05, 4.69) is 11.3 Å². The van der Waals surface area contributed by atoms with Gasteiger partial charge in [-0.1, -0.05) is 38.2 Å². The molecular formula is C20H35NO3S. The fourth-order valence-electron chi connectivity index (χ4n) is 5.28. The SMILES string of the molecule is C=CC1CCCC(S(=O)(=O)NCCOC2CCCC3CCCCC32)C1. The van der Waals surface area contributed by atoms with Crippen molar-refractivity contribution in [1.29, 1.82) is 0 Å². The number of rotatable bonds is 7. The molecule has 25 heavy (non-hydrogen) atoms. The standard InChI is InChI=1S/C20H35NO3S/c1-2-16-7-5-10-18(15-16)25(22,23)21-13-14-24-20-12-6-9-17-8-3-4-11-19(17)20/h2,16-21H,1,3-15H2. The topological polar surface area (TPSA) is 55.4 Å². The molecule has 1 N–H and O–H groups in total. The van der Waals surface area contributed by atoms with Crippen molar-refractivity contribution in [3.63, 3.8) is 0 Å². The van der Waals surface area contributed by atoms with Gasteiger partial charge in [-0.25, -0.2) is 13.1 Å². The van der Waals surface area contributed by atoms with Gasteiger partial charge in [-0.3, -0.25) is 0 Å². The number of hydrogen-bond acceptors (Lipinski definition) is 3. The average Bonchev–Trinajstić information content (AvgIpc) is 2.65. The smallest absolute Gasteiger partial charge is 0.214 e. The molecule has 4 nitrogen and oxygen atoms in total. The van der Waals surface area contributed by atoms with Crippen molar-refractivity contribution >= 4 is 10.0 Å². The van der Waals surface area contributed by atoms with Gasteiger partial charge in [0, 0.05) is 6.54 Å². The normalized spacial score (nSPS) is 36.6. The lowest BCUT2D eigenvalue weighted by Gasteiger charge is -2.41. The molecule has 3 aliphatic carbocycles. The molecule has 3 aliphatic rings. The van der Waals surface area contributed by atoms with Crippen molar-refractivity contribution in [3.05, 3.63) is 12.7 Å². The number of sulfonamides is 1. The Balaban J connectivity index is 1.42. The summed E-state index contributed by atoms with van der Waals surface area (Å²) in [4.78, 5) is 0. The molecule has 0 aromatic heterocycles. The first-order valence-corrected chi connectivity index (χ1v) is 11.9. The minimum atomic E-state index is -3.23. The van der Waals surface area contributed by atoms with Crippen molar-refractivity contribution < 1.29 is 13.2 Å². The van der Waals surface area contributed by atoms with E-state index in [0.29, 0.717) is 37.5 Å². The van der Waals surface area contributed by atoms with E-state index in [4.69, 9.17) is 4.74 Å². The summed E-state index contributed by atoms with van der Waals surface area (Å²) in [5, 5.41) is -0.262. The van der Waals surface area contributed by atoms with Crippen LogP contribution in [-0.2, 0) is 14.8 Å². The van der Waals surface area contributed by atoms with Crippen LogP contribution in [0.1, 0.15) is 70.6 Å². The van der Waals surface area contributed by atoms with Gasteiger partial charge in [0.1, 0.15) is 0 Å². The molecule has 0 saturated heterocycles. The second kappa shape index (κ2) is 9.01. The Morgan fingerprint density at radius 2 is 1.76 bits per heavy atom. The van der Waals surface area contributed by atoms with Gasteiger partial charge in [-0.15, -0.1) is 6.58 Å². The van der Waals surface area contributed by atoms with Gasteiger partial charge >= 0.3 is 0 Å². The van der Waals surface area contributed by atoms with Crippen LogP contribution in [0.15, 0.2) is 12.7 Å². The second-order valence-electron chi connectivity index (χ2n) is 8.27. The van der Waals surface area contributed by atoms with Crippen LogP contribution in [0.3, 0.4) is 0 Å². The summed E-state index contributed by atoms with van der Waals surface area (Å²) < 4.78 is 34.0. The van der Waals surface area contributed by atoms with Crippen LogP contribution >= 0.6 is 0 Å². The van der Waals surface area contributed by atoms with Gasteiger partial charge in [-0.05, 0) is 56.3 Å². The van der Waals surface area contributed by atoms with Crippen LogP contribution in [0.4, 0.5) is 0 Å². The van der Waals surface area contributed by atoms with Crippen LogP contribution in [-0.4, -0.2) is 32.9 Å². The molecule has 0 heterocycles. The van der Waals surface area contributed by atoms with Crippen LogP contribution in [0.25, 0.3) is 0 Å². The number of allylic oxidation sites excluding steroid dienone is 1. The van der Waals surface area contributed by atoms with E-state index in [1.54, 1.807) is 0 Å². The second-order valence-corrected chi connectivity index (χ2v) is 10.3. The summed E-state index contributed by atoms with van der Waals surface area (Å²) in [5.74, 6) is 1.91. The highest BCUT2D eigenvalue weighted by Crippen LogP contribution is 2.41. The molecule has 0 bridgehead atoms. The predicted octanol–water partition coefficient (Wildman–Crippen LogP) is 4.03. The summed E-state index contributed by atoms with van der Waals surface area (Å²) in [7, 11) is -3.23. The highest BCUT2D eigenvalue weighted by molar-refractivity contribution is 7.90. The quantitative estimate of drug-likeness (QED) is 0.544. The fraction of sp³-hybridized carbons (Fsp3) is 0.900. The third-order valence-corrected chi connectivity index (χ3v) is 8.60. The van der Waals surface area contributed by atoms with Crippen LogP contribution < -0.4 is 4.72 Å². The lowest BCUT2D eigenvalue weighted by Crippen LogP contribution is -2.40. The molecule has 5 unspecified atom stereocenters. The van der Waals surface area contributed by atoms with E-state index in [9.17, 15) is 8.42 Å². The Bertz CT molecular complexity index is 531. The minimum absolute atomic E-state index is 0.262. The van der Waals surface area contributed by atoms with Crippen molar-refractivity contribution in [2.75, 3.05) is 13.2 Å². The Morgan fingerprint density at radius 1 is 1.00 bits per heavy atom. The summed E-state index contributed by atoms with van der Waals surface area (Å²) >= 11 is 0. The van der Waals surface area contributed by atoms with E-state index in [0.717, 1.165) is 31.6 Å². The molecule has 0 aliphatic heterocycles. The molecule has 3 rings (SSSR count). The fourth-order valence-corrected chi connectivity index (χ4v) is 6.86. The third-order valence-electron chi connectivity index (χ3n) is 6.69. The third kappa shape index (κ3) is 5.08. The maximum atomic E-state index is 12.5. The first-order valence-electron chi connectivity index (χ1n) is 10.3. The molecular weight excluding hydrogens is 334 g/mol. The zero-order valence-electron chi connectivity index (χ0n) is 15.5. The van der Waals surface area contributed by atoms with E-state index in [1.165, 1.54) is 38.5 Å². The number of fused-ring (bicyclic) bond motifs is 1. The van der Waals surface area contributed by atoms with Crippen molar-refractivity contribution in [3.8, 4) is 0 Å². The van der Waals surface area contributed by atoms with E-state index < -0.39 is 10.0 Å². The maximum Gasteiger partial charge on any atom is 0.214 e. The molecule has 0 spiro atoms. The molecule has 0 aromatic rings. The average molecular weight is 370 g/mol. The van der Waals surface area contributed by atoms with Crippen LogP contribution in [0.5, 0.6) is 0 Å². The maximum absolute atomic E-state index is 12.5. The van der Waals surface area contributed by atoms with Gasteiger partial charge in [0.15, 0.2) is 0 Å². The minimum Gasteiger partial charge on any atom is -0.377 e. The van der Waals surface area contributed by atoms with Crippen LogP contribution in [0, 0.1) is 17.8 Å². The molecule has 0 radical (unpaired) electrons. The number of hydrogen-bond donors (Lipinski definition) is 1. The van der Waals surface area contributed by atoms with Crippen molar-refractivity contribution in [2.24, 2.45) is 17.8 Å². The Hall–Kier alpha value is -0.390. The summed E-state index contributed by atoms with van der Waals surface area (Å²) in [6, 6.07) is 0. The van der Waals surface area contributed by atoms with E-state index in [1.807, 2.05) is 6.08 Å². The molecule has 144 valence electrons. The summed E-state index contributed by atoms with van der Waals surface area (Å²) in [6.07, 6.45) is 14.9. The highest BCUT2D eigenvalue weighted by Gasteiger charge is 2.35.